The predicted molar refractivity (Wildman–Crippen MR) is 99.2 cm³/mol. The topological polar surface area (TPSA) is 40.6 Å². The van der Waals surface area contributed by atoms with Crippen molar-refractivity contribution in [2.75, 3.05) is 19.6 Å². The van der Waals surface area contributed by atoms with E-state index in [4.69, 9.17) is 0 Å². The summed E-state index contributed by atoms with van der Waals surface area (Å²) in [5, 5.41) is 0. The minimum Gasteiger partial charge on any atom is -0.341 e. The number of nitrogens with zero attached hydrogens (tertiary/aromatic N) is 2. The lowest BCUT2D eigenvalue weighted by atomic mass is 9.96. The third kappa shape index (κ3) is 4.23. The van der Waals surface area contributed by atoms with Gasteiger partial charge >= 0.3 is 0 Å². The third-order valence-electron chi connectivity index (χ3n) is 5.80. The maximum atomic E-state index is 12.9. The van der Waals surface area contributed by atoms with E-state index in [2.05, 4.69) is 26.0 Å². The molecule has 2 heterocycles. The lowest BCUT2D eigenvalue weighted by molar-refractivity contribution is -0.144. The number of benzene rings is 1. The second-order valence-corrected chi connectivity index (χ2v) is 7.77. The van der Waals surface area contributed by atoms with Gasteiger partial charge in [0.05, 0.1) is 0 Å². The first-order valence-corrected chi connectivity index (χ1v) is 9.69. The lowest BCUT2D eigenvalue weighted by Crippen LogP contribution is -2.50. The highest BCUT2D eigenvalue weighted by atomic mass is 16.2. The molecule has 136 valence electrons. The van der Waals surface area contributed by atoms with E-state index in [1.54, 1.807) is 0 Å². The molecule has 1 aromatic rings. The third-order valence-corrected chi connectivity index (χ3v) is 5.80. The van der Waals surface area contributed by atoms with Gasteiger partial charge < -0.3 is 9.80 Å². The fourth-order valence-corrected chi connectivity index (χ4v) is 4.04. The van der Waals surface area contributed by atoms with Crippen LogP contribution in [0.5, 0.6) is 0 Å². The lowest BCUT2D eigenvalue weighted by Gasteiger charge is -2.34. The molecule has 4 heteroatoms. The van der Waals surface area contributed by atoms with Crippen molar-refractivity contribution in [2.24, 2.45) is 5.92 Å². The van der Waals surface area contributed by atoms with Gasteiger partial charge in [0, 0.05) is 26.1 Å². The van der Waals surface area contributed by atoms with Gasteiger partial charge in [-0.1, -0.05) is 44.2 Å². The summed E-state index contributed by atoms with van der Waals surface area (Å²) < 4.78 is 0. The highest BCUT2D eigenvalue weighted by Gasteiger charge is 2.37. The van der Waals surface area contributed by atoms with Gasteiger partial charge in [-0.05, 0) is 43.1 Å². The monoisotopic (exact) mass is 342 g/mol. The Hall–Kier alpha value is -1.84. The van der Waals surface area contributed by atoms with Crippen molar-refractivity contribution in [3.8, 4) is 0 Å². The van der Waals surface area contributed by atoms with E-state index in [1.165, 1.54) is 5.56 Å². The Labute approximate surface area is 151 Å². The summed E-state index contributed by atoms with van der Waals surface area (Å²) in [4.78, 5) is 29.6. The van der Waals surface area contributed by atoms with Crippen LogP contribution in [0.15, 0.2) is 30.3 Å². The quantitative estimate of drug-likeness (QED) is 0.841. The minimum atomic E-state index is -0.233. The number of rotatable bonds is 4. The predicted octanol–water partition coefficient (Wildman–Crippen LogP) is 3.43. The second kappa shape index (κ2) is 8.03. The van der Waals surface area contributed by atoms with E-state index < -0.39 is 0 Å². The number of carbonyl (C=O) groups is 2. The van der Waals surface area contributed by atoms with E-state index in [0.29, 0.717) is 12.3 Å². The molecule has 0 saturated carbocycles. The molecule has 0 N–H and O–H groups in total. The fraction of sp³-hybridized carbons (Fsp3) is 0.619. The van der Waals surface area contributed by atoms with Crippen LogP contribution in [0.2, 0.25) is 0 Å². The summed E-state index contributed by atoms with van der Waals surface area (Å²) in [5.41, 5.74) is 1.18. The maximum Gasteiger partial charge on any atom is 0.245 e. The normalized spacial score (nSPS) is 22.9. The molecule has 0 spiro atoms. The minimum absolute atomic E-state index is 0.123. The molecule has 4 nitrogen and oxygen atoms in total. The standard InChI is InChI=1S/C21H30N2O2/c1-16-10-13-22(14-11-16)21(25)19-9-6-12-23(19)20(24)15-17(2)18-7-4-3-5-8-18/h3-5,7-8,16-17,19H,6,9-15H2,1-2H3. The molecule has 25 heavy (non-hydrogen) atoms. The summed E-state index contributed by atoms with van der Waals surface area (Å²) in [6.07, 6.45) is 4.39. The second-order valence-electron chi connectivity index (χ2n) is 7.77. The van der Waals surface area contributed by atoms with E-state index in [9.17, 15) is 9.59 Å². The van der Waals surface area contributed by atoms with Gasteiger partial charge in [0.1, 0.15) is 6.04 Å². The van der Waals surface area contributed by atoms with Crippen molar-refractivity contribution in [1.29, 1.82) is 0 Å². The van der Waals surface area contributed by atoms with Gasteiger partial charge in [0.2, 0.25) is 11.8 Å². The van der Waals surface area contributed by atoms with E-state index in [0.717, 1.165) is 45.3 Å². The molecular weight excluding hydrogens is 312 g/mol. The fourth-order valence-electron chi connectivity index (χ4n) is 4.04. The smallest absolute Gasteiger partial charge is 0.245 e. The van der Waals surface area contributed by atoms with Crippen LogP contribution in [-0.4, -0.2) is 47.3 Å². The summed E-state index contributed by atoms with van der Waals surface area (Å²) in [7, 11) is 0. The van der Waals surface area contributed by atoms with Crippen LogP contribution in [0.25, 0.3) is 0 Å². The summed E-state index contributed by atoms with van der Waals surface area (Å²) in [6, 6.07) is 9.92. The Morgan fingerprint density at radius 1 is 1.08 bits per heavy atom. The highest BCUT2D eigenvalue weighted by molar-refractivity contribution is 5.88. The Morgan fingerprint density at radius 3 is 2.44 bits per heavy atom. The number of hydrogen-bond acceptors (Lipinski definition) is 2. The molecule has 0 radical (unpaired) electrons. The molecule has 2 fully saturated rings. The molecular formula is C21H30N2O2. The van der Waals surface area contributed by atoms with Crippen molar-refractivity contribution in [3.05, 3.63) is 35.9 Å². The molecule has 2 amide bonds. The Bertz CT molecular complexity index is 593. The molecule has 2 unspecified atom stereocenters. The number of hydrogen-bond donors (Lipinski definition) is 0. The van der Waals surface area contributed by atoms with Crippen LogP contribution in [0, 0.1) is 5.92 Å². The SMILES string of the molecule is CC1CCN(C(=O)C2CCCN2C(=O)CC(C)c2ccccc2)CC1. The first-order valence-electron chi connectivity index (χ1n) is 9.69. The van der Waals surface area contributed by atoms with Crippen molar-refractivity contribution in [1.82, 2.24) is 9.80 Å². The Kier molecular flexibility index (Phi) is 5.77. The Balaban J connectivity index is 1.60. The van der Waals surface area contributed by atoms with E-state index >= 15 is 0 Å². The Morgan fingerprint density at radius 2 is 1.76 bits per heavy atom. The first kappa shape index (κ1) is 18.0. The van der Waals surface area contributed by atoms with Crippen LogP contribution in [-0.2, 0) is 9.59 Å². The van der Waals surface area contributed by atoms with E-state index in [-0.39, 0.29) is 23.8 Å². The maximum absolute atomic E-state index is 12.9. The van der Waals surface area contributed by atoms with Crippen molar-refractivity contribution in [2.45, 2.75) is 57.9 Å². The average molecular weight is 342 g/mol. The van der Waals surface area contributed by atoms with Crippen LogP contribution in [0.1, 0.15) is 57.4 Å². The molecule has 0 aromatic heterocycles. The van der Waals surface area contributed by atoms with Gasteiger partial charge in [-0.3, -0.25) is 9.59 Å². The molecule has 0 aliphatic carbocycles. The average Bonchev–Trinajstić information content (AvgIpc) is 3.12. The van der Waals surface area contributed by atoms with E-state index in [1.807, 2.05) is 28.0 Å². The van der Waals surface area contributed by atoms with Gasteiger partial charge in [-0.2, -0.15) is 0 Å². The van der Waals surface area contributed by atoms with Crippen LogP contribution in [0.3, 0.4) is 0 Å². The zero-order valence-corrected chi connectivity index (χ0v) is 15.5. The van der Waals surface area contributed by atoms with Crippen LogP contribution >= 0.6 is 0 Å². The molecule has 3 rings (SSSR count). The molecule has 1 aromatic carbocycles. The number of amides is 2. The van der Waals surface area contributed by atoms with Crippen molar-refractivity contribution >= 4 is 11.8 Å². The van der Waals surface area contributed by atoms with Crippen LogP contribution < -0.4 is 0 Å². The summed E-state index contributed by atoms with van der Waals surface area (Å²) in [5.74, 6) is 1.18. The molecule has 2 aliphatic rings. The number of carbonyl (C=O) groups excluding carboxylic acids is 2. The highest BCUT2D eigenvalue weighted by Crippen LogP contribution is 2.26. The van der Waals surface area contributed by atoms with Gasteiger partial charge in [0.15, 0.2) is 0 Å². The first-order chi connectivity index (χ1) is 12.1. The van der Waals surface area contributed by atoms with Crippen molar-refractivity contribution < 1.29 is 9.59 Å². The molecule has 2 aliphatic heterocycles. The van der Waals surface area contributed by atoms with Gasteiger partial charge in [-0.25, -0.2) is 0 Å². The molecule has 2 saturated heterocycles. The number of likely N-dealkylation sites (tertiary alicyclic amines) is 2. The molecule has 2 atom stereocenters. The van der Waals surface area contributed by atoms with Gasteiger partial charge in [0.25, 0.3) is 0 Å². The van der Waals surface area contributed by atoms with Crippen molar-refractivity contribution in [3.63, 3.8) is 0 Å². The zero-order chi connectivity index (χ0) is 17.8. The summed E-state index contributed by atoms with van der Waals surface area (Å²) in [6.45, 7) is 6.75. The van der Waals surface area contributed by atoms with Crippen LogP contribution in [0.4, 0.5) is 0 Å². The number of piperidine rings is 1. The molecule has 0 bridgehead atoms. The van der Waals surface area contributed by atoms with Gasteiger partial charge in [-0.15, -0.1) is 0 Å². The summed E-state index contributed by atoms with van der Waals surface area (Å²) >= 11 is 0. The zero-order valence-electron chi connectivity index (χ0n) is 15.5. The largest absolute Gasteiger partial charge is 0.341 e.